The van der Waals surface area contributed by atoms with Crippen LogP contribution in [0.15, 0.2) is 66.7 Å². The smallest absolute Gasteiger partial charge is 0.254 e. The first kappa shape index (κ1) is 21.8. The van der Waals surface area contributed by atoms with Crippen molar-refractivity contribution < 1.29 is 27.6 Å². The van der Waals surface area contributed by atoms with Crippen LogP contribution in [0.2, 0.25) is 0 Å². The Hall–Kier alpha value is -3.94. The summed E-state index contributed by atoms with van der Waals surface area (Å²) in [6.45, 7) is -0.456. The van der Waals surface area contributed by atoms with Gasteiger partial charge in [0.15, 0.2) is 23.2 Å². The van der Waals surface area contributed by atoms with Crippen molar-refractivity contribution in [3.05, 3.63) is 101 Å². The number of nitrogens with one attached hydrogen (secondary N) is 1. The molecule has 31 heavy (non-hydrogen) atoms. The molecule has 8 heteroatoms. The number of carbonyl (C=O) groups excluding carboxylic acids is 3. The number of nitrogens with zero attached hydrogens (tertiary/aromatic N) is 1. The first-order valence-electron chi connectivity index (χ1n) is 9.16. The van der Waals surface area contributed by atoms with Gasteiger partial charge in [-0.2, -0.15) is 0 Å². The van der Waals surface area contributed by atoms with Gasteiger partial charge in [0.25, 0.3) is 5.91 Å². The maximum atomic E-state index is 13.7. The van der Waals surface area contributed by atoms with Gasteiger partial charge in [0, 0.05) is 23.7 Å². The molecule has 0 aromatic heterocycles. The Labute approximate surface area is 176 Å². The minimum absolute atomic E-state index is 0.194. The molecule has 0 fully saturated rings. The van der Waals surface area contributed by atoms with Crippen LogP contribution in [0.4, 0.5) is 18.9 Å². The highest BCUT2D eigenvalue weighted by atomic mass is 19.2. The van der Waals surface area contributed by atoms with Crippen LogP contribution < -0.4 is 5.32 Å². The van der Waals surface area contributed by atoms with Gasteiger partial charge in [-0.15, -0.1) is 0 Å². The number of ketones is 1. The number of benzene rings is 3. The number of halogens is 3. The maximum absolute atomic E-state index is 13.7. The Kier molecular flexibility index (Phi) is 6.49. The molecule has 5 nitrogen and oxygen atoms in total. The Balaban J connectivity index is 1.64. The minimum atomic E-state index is -1.70. The molecule has 158 valence electrons. The highest BCUT2D eigenvalue weighted by Gasteiger charge is 2.19. The summed E-state index contributed by atoms with van der Waals surface area (Å²) in [7, 11) is 1.35. The van der Waals surface area contributed by atoms with E-state index in [0.29, 0.717) is 17.2 Å². The van der Waals surface area contributed by atoms with Crippen molar-refractivity contribution in [2.45, 2.75) is 0 Å². The third-order valence-corrected chi connectivity index (χ3v) is 4.47. The normalized spacial score (nSPS) is 10.5. The van der Waals surface area contributed by atoms with E-state index in [0.717, 1.165) is 11.0 Å². The highest BCUT2D eigenvalue weighted by molar-refractivity contribution is 6.09. The lowest BCUT2D eigenvalue weighted by Gasteiger charge is -2.17. The number of anilines is 1. The van der Waals surface area contributed by atoms with Gasteiger partial charge < -0.3 is 10.2 Å². The van der Waals surface area contributed by atoms with Crippen LogP contribution in [-0.2, 0) is 4.79 Å². The van der Waals surface area contributed by atoms with E-state index in [-0.39, 0.29) is 11.3 Å². The standard InChI is InChI=1S/C23H17F3N2O3/c1-28(13-19(29)27-18-12-11-17(24)20(25)21(18)26)23(31)16-9-7-15(8-10-16)22(30)14-5-3-2-4-6-14/h2-12H,13H2,1H3,(H,27,29). The molecule has 0 radical (unpaired) electrons. The lowest BCUT2D eigenvalue weighted by atomic mass is 10.0. The second-order valence-corrected chi connectivity index (χ2v) is 6.70. The van der Waals surface area contributed by atoms with Gasteiger partial charge in [0.05, 0.1) is 12.2 Å². The lowest BCUT2D eigenvalue weighted by molar-refractivity contribution is -0.116. The van der Waals surface area contributed by atoms with E-state index in [1.807, 2.05) is 0 Å². The summed E-state index contributed by atoms with van der Waals surface area (Å²) in [6, 6.07) is 16.2. The molecule has 0 aliphatic rings. The predicted octanol–water partition coefficient (Wildman–Crippen LogP) is 4.05. The molecule has 2 amide bonds. The largest absolute Gasteiger partial charge is 0.332 e. The van der Waals surface area contributed by atoms with Gasteiger partial charge in [-0.25, -0.2) is 13.2 Å². The Morgan fingerprint density at radius 1 is 0.774 bits per heavy atom. The zero-order valence-corrected chi connectivity index (χ0v) is 16.4. The van der Waals surface area contributed by atoms with Crippen LogP contribution in [0.3, 0.4) is 0 Å². The van der Waals surface area contributed by atoms with Crippen molar-refractivity contribution in [3.8, 4) is 0 Å². The summed E-state index contributed by atoms with van der Waals surface area (Å²) in [6.07, 6.45) is 0. The van der Waals surface area contributed by atoms with Crippen LogP contribution in [-0.4, -0.2) is 36.1 Å². The van der Waals surface area contributed by atoms with Crippen molar-refractivity contribution in [2.75, 3.05) is 18.9 Å². The Morgan fingerprint density at radius 3 is 2.00 bits per heavy atom. The summed E-state index contributed by atoms with van der Waals surface area (Å²) in [4.78, 5) is 38.1. The molecule has 0 aliphatic heterocycles. The predicted molar refractivity (Wildman–Crippen MR) is 108 cm³/mol. The van der Waals surface area contributed by atoms with Crippen LogP contribution >= 0.6 is 0 Å². The van der Waals surface area contributed by atoms with Gasteiger partial charge in [-0.3, -0.25) is 14.4 Å². The topological polar surface area (TPSA) is 66.5 Å². The van der Waals surface area contributed by atoms with Gasteiger partial charge in [0.2, 0.25) is 5.91 Å². The lowest BCUT2D eigenvalue weighted by Crippen LogP contribution is -2.35. The summed E-state index contributed by atoms with van der Waals surface area (Å²) < 4.78 is 39.9. The number of hydrogen-bond acceptors (Lipinski definition) is 3. The molecule has 0 unspecified atom stereocenters. The fraction of sp³-hybridized carbons (Fsp3) is 0.0870. The number of hydrogen-bond donors (Lipinski definition) is 1. The molecule has 3 aromatic carbocycles. The molecule has 0 saturated carbocycles. The first-order chi connectivity index (χ1) is 14.8. The van der Waals surface area contributed by atoms with E-state index >= 15 is 0 Å². The van der Waals surface area contributed by atoms with Gasteiger partial charge in [-0.05, 0) is 24.3 Å². The Morgan fingerprint density at radius 2 is 1.35 bits per heavy atom. The molecule has 3 rings (SSSR count). The molecule has 3 aromatic rings. The molecule has 0 bridgehead atoms. The number of rotatable bonds is 6. The Bertz CT molecular complexity index is 1130. The van der Waals surface area contributed by atoms with E-state index < -0.39 is 41.5 Å². The van der Waals surface area contributed by atoms with Crippen molar-refractivity contribution in [1.82, 2.24) is 4.90 Å². The van der Waals surface area contributed by atoms with Crippen molar-refractivity contribution in [3.63, 3.8) is 0 Å². The fourth-order valence-electron chi connectivity index (χ4n) is 2.84. The fourth-order valence-corrected chi connectivity index (χ4v) is 2.84. The highest BCUT2D eigenvalue weighted by Crippen LogP contribution is 2.19. The van der Waals surface area contributed by atoms with E-state index in [9.17, 15) is 27.6 Å². The summed E-state index contributed by atoms with van der Waals surface area (Å²) >= 11 is 0. The number of carbonyl (C=O) groups is 3. The monoisotopic (exact) mass is 426 g/mol. The third-order valence-electron chi connectivity index (χ3n) is 4.47. The zero-order valence-electron chi connectivity index (χ0n) is 16.4. The number of likely N-dealkylation sites (N-methyl/N-ethyl adjacent to an activating group) is 1. The van der Waals surface area contributed by atoms with Crippen LogP contribution in [0, 0.1) is 17.5 Å². The van der Waals surface area contributed by atoms with E-state index in [1.165, 1.54) is 31.3 Å². The van der Waals surface area contributed by atoms with Crippen LogP contribution in [0.5, 0.6) is 0 Å². The third kappa shape index (κ3) is 4.98. The molecule has 0 spiro atoms. The van der Waals surface area contributed by atoms with E-state index in [2.05, 4.69) is 5.32 Å². The zero-order chi connectivity index (χ0) is 22.5. The number of amides is 2. The second kappa shape index (κ2) is 9.25. The summed E-state index contributed by atoms with van der Waals surface area (Å²) in [5, 5.41) is 2.10. The molecule has 0 saturated heterocycles. The SMILES string of the molecule is CN(CC(=O)Nc1ccc(F)c(F)c1F)C(=O)c1ccc(C(=O)c2ccccc2)cc1. The van der Waals surface area contributed by atoms with Crippen molar-refractivity contribution in [1.29, 1.82) is 0 Å². The molecular formula is C23H17F3N2O3. The molecule has 0 atom stereocenters. The van der Waals surface area contributed by atoms with Crippen molar-refractivity contribution in [2.24, 2.45) is 0 Å². The average Bonchev–Trinajstić information content (AvgIpc) is 2.79. The van der Waals surface area contributed by atoms with Crippen LogP contribution in [0.1, 0.15) is 26.3 Å². The van der Waals surface area contributed by atoms with Gasteiger partial charge in [-0.1, -0.05) is 42.5 Å². The average molecular weight is 426 g/mol. The molecular weight excluding hydrogens is 409 g/mol. The van der Waals surface area contributed by atoms with E-state index in [1.54, 1.807) is 30.3 Å². The summed E-state index contributed by atoms with van der Waals surface area (Å²) in [5.74, 6) is -6.11. The quantitative estimate of drug-likeness (QED) is 0.478. The van der Waals surface area contributed by atoms with Crippen LogP contribution in [0.25, 0.3) is 0 Å². The molecule has 1 N–H and O–H groups in total. The minimum Gasteiger partial charge on any atom is -0.332 e. The van der Waals surface area contributed by atoms with Gasteiger partial charge in [0.1, 0.15) is 0 Å². The second-order valence-electron chi connectivity index (χ2n) is 6.70. The summed E-state index contributed by atoms with van der Waals surface area (Å²) in [5.41, 5.74) is 0.615. The van der Waals surface area contributed by atoms with E-state index in [4.69, 9.17) is 0 Å². The van der Waals surface area contributed by atoms with Gasteiger partial charge >= 0.3 is 0 Å². The first-order valence-corrected chi connectivity index (χ1v) is 9.16. The molecule has 0 aliphatic carbocycles. The maximum Gasteiger partial charge on any atom is 0.254 e. The molecule has 0 heterocycles. The van der Waals surface area contributed by atoms with Crippen molar-refractivity contribution >= 4 is 23.3 Å².